The summed E-state index contributed by atoms with van der Waals surface area (Å²) >= 11 is 0. The van der Waals surface area contributed by atoms with Crippen molar-refractivity contribution in [2.75, 3.05) is 26.7 Å². The molecule has 0 aliphatic carbocycles. The number of likely N-dealkylation sites (tertiary alicyclic amines) is 1. The van der Waals surface area contributed by atoms with Gasteiger partial charge >= 0.3 is 0 Å². The molecule has 1 amide bonds. The lowest BCUT2D eigenvalue weighted by Gasteiger charge is -2.28. The summed E-state index contributed by atoms with van der Waals surface area (Å²) in [5, 5.41) is 12.3. The number of phenolic OH excluding ortho intramolecular Hbond substituents is 1. The predicted molar refractivity (Wildman–Crippen MR) is 75.2 cm³/mol. The van der Waals surface area contributed by atoms with Crippen molar-refractivity contribution in [2.24, 2.45) is 5.92 Å². The Hall–Kier alpha value is -1.62. The zero-order valence-corrected chi connectivity index (χ0v) is 11.7. The van der Waals surface area contributed by atoms with Gasteiger partial charge in [0.05, 0.1) is 5.56 Å². The van der Waals surface area contributed by atoms with Crippen LogP contribution in [0.2, 0.25) is 0 Å². The first-order chi connectivity index (χ1) is 9.56. The van der Waals surface area contributed by atoms with E-state index in [0.29, 0.717) is 12.5 Å². The largest absolute Gasteiger partial charge is 0.507 e. The highest BCUT2D eigenvalue weighted by atomic mass is 19.1. The Morgan fingerprint density at radius 2 is 2.15 bits per heavy atom. The molecule has 110 valence electrons. The van der Waals surface area contributed by atoms with E-state index >= 15 is 0 Å². The zero-order chi connectivity index (χ0) is 14.5. The van der Waals surface area contributed by atoms with Gasteiger partial charge in [0.2, 0.25) is 0 Å². The Morgan fingerprint density at radius 3 is 2.80 bits per heavy atom. The third-order valence-corrected chi connectivity index (χ3v) is 3.88. The van der Waals surface area contributed by atoms with E-state index in [-0.39, 0.29) is 17.2 Å². The second-order valence-electron chi connectivity index (χ2n) is 5.45. The number of phenols is 1. The first-order valence-corrected chi connectivity index (χ1v) is 7.01. The fourth-order valence-corrected chi connectivity index (χ4v) is 2.53. The molecule has 0 saturated carbocycles. The van der Waals surface area contributed by atoms with E-state index in [9.17, 15) is 14.3 Å². The van der Waals surface area contributed by atoms with E-state index in [0.717, 1.165) is 38.4 Å². The standard InChI is InChI=1S/C15H21FN2O2/c1-18-8-5-11(6-9-18)4-7-17-15(20)13-3-2-12(16)10-14(13)19/h2-3,10-11,19H,4-9H2,1H3,(H,17,20). The van der Waals surface area contributed by atoms with E-state index in [4.69, 9.17) is 0 Å². The van der Waals surface area contributed by atoms with Crippen LogP contribution < -0.4 is 5.32 Å². The van der Waals surface area contributed by atoms with E-state index < -0.39 is 5.82 Å². The van der Waals surface area contributed by atoms with Gasteiger partial charge in [-0.05, 0) is 57.5 Å². The van der Waals surface area contributed by atoms with Crippen molar-refractivity contribution in [1.82, 2.24) is 10.2 Å². The molecule has 0 bridgehead atoms. The van der Waals surface area contributed by atoms with Crippen molar-refractivity contribution in [3.63, 3.8) is 0 Å². The number of aromatic hydroxyl groups is 1. The summed E-state index contributed by atoms with van der Waals surface area (Å²) in [4.78, 5) is 14.2. The third-order valence-electron chi connectivity index (χ3n) is 3.88. The minimum atomic E-state index is -0.551. The number of rotatable bonds is 4. The molecular weight excluding hydrogens is 259 g/mol. The van der Waals surface area contributed by atoms with Gasteiger partial charge in [-0.15, -0.1) is 0 Å². The Kier molecular flexibility index (Phi) is 4.95. The molecule has 1 aliphatic rings. The normalized spacial score (nSPS) is 17.1. The number of halogens is 1. The van der Waals surface area contributed by atoms with Crippen LogP contribution in [0.3, 0.4) is 0 Å². The Morgan fingerprint density at radius 1 is 1.45 bits per heavy atom. The van der Waals surface area contributed by atoms with E-state index in [1.165, 1.54) is 12.1 Å². The number of piperidine rings is 1. The third kappa shape index (κ3) is 3.93. The summed E-state index contributed by atoms with van der Waals surface area (Å²) in [7, 11) is 2.12. The van der Waals surface area contributed by atoms with Gasteiger partial charge in [-0.2, -0.15) is 0 Å². The molecule has 5 heteroatoms. The van der Waals surface area contributed by atoms with Crippen LogP contribution in [-0.2, 0) is 0 Å². The van der Waals surface area contributed by atoms with Gasteiger partial charge in [0.25, 0.3) is 5.91 Å². The number of nitrogens with one attached hydrogen (secondary N) is 1. The lowest BCUT2D eigenvalue weighted by atomic mass is 9.94. The van der Waals surface area contributed by atoms with Crippen LogP contribution in [0.1, 0.15) is 29.6 Å². The van der Waals surface area contributed by atoms with Crippen LogP contribution in [-0.4, -0.2) is 42.6 Å². The van der Waals surface area contributed by atoms with Crippen LogP contribution >= 0.6 is 0 Å². The molecule has 1 saturated heterocycles. The molecule has 0 aromatic heterocycles. The number of benzene rings is 1. The maximum absolute atomic E-state index is 12.8. The molecule has 20 heavy (non-hydrogen) atoms. The van der Waals surface area contributed by atoms with Crippen LogP contribution in [0, 0.1) is 11.7 Å². The quantitative estimate of drug-likeness (QED) is 0.887. The van der Waals surface area contributed by atoms with Gasteiger partial charge in [-0.25, -0.2) is 4.39 Å². The van der Waals surface area contributed by atoms with Crippen LogP contribution in [0.15, 0.2) is 18.2 Å². The molecule has 0 atom stereocenters. The van der Waals surface area contributed by atoms with Crippen molar-refractivity contribution in [1.29, 1.82) is 0 Å². The predicted octanol–water partition coefficient (Wildman–Crippen LogP) is 1.99. The molecule has 1 aromatic rings. The van der Waals surface area contributed by atoms with Gasteiger partial charge in [-0.1, -0.05) is 0 Å². The average molecular weight is 280 g/mol. The van der Waals surface area contributed by atoms with Gasteiger partial charge in [0, 0.05) is 12.6 Å². The van der Waals surface area contributed by atoms with Gasteiger partial charge in [-0.3, -0.25) is 4.79 Å². The van der Waals surface area contributed by atoms with E-state index in [1.54, 1.807) is 0 Å². The molecule has 0 radical (unpaired) electrons. The number of hydrogen-bond acceptors (Lipinski definition) is 3. The summed E-state index contributed by atoms with van der Waals surface area (Å²) in [6.07, 6.45) is 3.27. The number of nitrogens with zero attached hydrogens (tertiary/aromatic N) is 1. The highest BCUT2D eigenvalue weighted by molar-refractivity contribution is 5.96. The molecule has 0 unspecified atom stereocenters. The molecule has 1 heterocycles. The highest BCUT2D eigenvalue weighted by Crippen LogP contribution is 2.20. The first-order valence-electron chi connectivity index (χ1n) is 7.01. The molecule has 0 spiro atoms. The molecule has 1 aliphatic heterocycles. The maximum Gasteiger partial charge on any atom is 0.255 e. The maximum atomic E-state index is 12.8. The second-order valence-corrected chi connectivity index (χ2v) is 5.45. The van der Waals surface area contributed by atoms with Crippen LogP contribution in [0.25, 0.3) is 0 Å². The van der Waals surface area contributed by atoms with Crippen molar-refractivity contribution in [3.8, 4) is 5.75 Å². The molecule has 2 N–H and O–H groups in total. The lowest BCUT2D eigenvalue weighted by molar-refractivity contribution is 0.0946. The number of hydrogen-bond donors (Lipinski definition) is 2. The van der Waals surface area contributed by atoms with Crippen molar-refractivity contribution >= 4 is 5.91 Å². The summed E-state index contributed by atoms with van der Waals surface area (Å²) < 4.78 is 12.8. The van der Waals surface area contributed by atoms with Gasteiger partial charge in [0.15, 0.2) is 0 Å². The second kappa shape index (κ2) is 6.70. The van der Waals surface area contributed by atoms with Crippen molar-refractivity contribution < 1.29 is 14.3 Å². The van der Waals surface area contributed by atoms with Crippen molar-refractivity contribution in [2.45, 2.75) is 19.3 Å². The van der Waals surface area contributed by atoms with Crippen LogP contribution in [0.5, 0.6) is 5.75 Å². The van der Waals surface area contributed by atoms with Crippen molar-refractivity contribution in [3.05, 3.63) is 29.6 Å². The van der Waals surface area contributed by atoms with Gasteiger partial charge in [0.1, 0.15) is 11.6 Å². The first kappa shape index (κ1) is 14.8. The summed E-state index contributed by atoms with van der Waals surface area (Å²) in [5.74, 6) is -0.573. The lowest BCUT2D eigenvalue weighted by Crippen LogP contribution is -2.32. The molecule has 4 nitrogen and oxygen atoms in total. The van der Waals surface area contributed by atoms with E-state index in [2.05, 4.69) is 17.3 Å². The Bertz CT molecular complexity index is 471. The topological polar surface area (TPSA) is 52.6 Å². The monoisotopic (exact) mass is 280 g/mol. The van der Waals surface area contributed by atoms with Crippen LogP contribution in [0.4, 0.5) is 4.39 Å². The highest BCUT2D eigenvalue weighted by Gasteiger charge is 2.17. The Balaban J connectivity index is 1.77. The average Bonchev–Trinajstić information content (AvgIpc) is 2.41. The number of amides is 1. The summed E-state index contributed by atoms with van der Waals surface area (Å²) in [6.45, 7) is 2.80. The fourth-order valence-electron chi connectivity index (χ4n) is 2.53. The number of carbonyl (C=O) groups excluding carboxylic acids is 1. The summed E-state index contributed by atoms with van der Waals surface area (Å²) in [6, 6.07) is 3.42. The molecule has 1 fully saturated rings. The van der Waals surface area contributed by atoms with Gasteiger partial charge < -0.3 is 15.3 Å². The summed E-state index contributed by atoms with van der Waals surface area (Å²) in [5.41, 5.74) is 0.120. The SMILES string of the molecule is CN1CCC(CCNC(=O)c2ccc(F)cc2O)CC1. The molecule has 2 rings (SSSR count). The minimum absolute atomic E-state index is 0.120. The fraction of sp³-hybridized carbons (Fsp3) is 0.533. The molecular formula is C15H21FN2O2. The Labute approximate surface area is 118 Å². The van der Waals surface area contributed by atoms with E-state index in [1.807, 2.05) is 0 Å². The zero-order valence-electron chi connectivity index (χ0n) is 11.7. The number of carbonyl (C=O) groups is 1. The molecule has 1 aromatic carbocycles. The smallest absolute Gasteiger partial charge is 0.255 e. The minimum Gasteiger partial charge on any atom is -0.507 e.